The molecule has 10 heteroatoms. The maximum Gasteiger partial charge on any atom is 0.303 e. The fourth-order valence-electron chi connectivity index (χ4n) is 3.19. The molecule has 0 rings (SSSR count). The van der Waals surface area contributed by atoms with Crippen LogP contribution in [0.25, 0.3) is 0 Å². The van der Waals surface area contributed by atoms with Crippen LogP contribution in [-0.2, 0) is 19.4 Å². The van der Waals surface area contributed by atoms with E-state index in [1.54, 1.807) is 0 Å². The molecule has 0 aliphatic carbocycles. The van der Waals surface area contributed by atoms with Gasteiger partial charge in [-0.05, 0) is 52.5 Å². The number of allylic oxidation sites excluding steroid dienone is 1. The number of nitrogens with two attached hydrogens (primary N) is 1. The van der Waals surface area contributed by atoms with Crippen molar-refractivity contribution in [1.29, 1.82) is 0 Å². The standard InChI is InChI=1S/C18H34O3.C7H19N2.C2H6O4S/c1-2-3-4-11-14-17(19)15-12-9-7-5-6-8-10-13-16-18(20)21;1-4-9(2,3)7-5-6-8;1-2-6-7(3,4)5/h9,12,17,19H,2-8,10-11,13-16H2,1H3,(H,20,21);4-8H2,1-3H3;2H2,1H3,(H,3,4,5)/q;+1;/p-1/b12-9-;;. The highest BCUT2D eigenvalue weighted by Crippen LogP contribution is 2.10. The number of aliphatic carboxylic acids is 1. The van der Waals surface area contributed by atoms with Crippen LogP contribution in [0.4, 0.5) is 0 Å². The first-order valence-corrected chi connectivity index (χ1v) is 15.4. The number of hydrogen-bond donors (Lipinski definition) is 3. The van der Waals surface area contributed by atoms with Crippen molar-refractivity contribution in [3.05, 3.63) is 12.2 Å². The maximum atomic E-state index is 10.3. The van der Waals surface area contributed by atoms with Crippen LogP contribution in [0, 0.1) is 0 Å². The van der Waals surface area contributed by atoms with Crippen molar-refractivity contribution in [2.45, 2.75) is 117 Å². The van der Waals surface area contributed by atoms with Crippen molar-refractivity contribution < 1.29 is 36.6 Å². The van der Waals surface area contributed by atoms with E-state index in [1.807, 2.05) is 0 Å². The quantitative estimate of drug-likeness (QED) is 0.0590. The number of carboxylic acids is 1. The SMILES string of the molecule is CCCCCCC(O)C/C=C\CCCCCCCC(=O)O.CCOS(=O)(=O)[O-].CC[N+](C)(C)CCCN. The minimum atomic E-state index is -4.42. The Kier molecular flexibility index (Phi) is 30.6. The molecule has 0 heterocycles. The number of rotatable bonds is 21. The zero-order chi connectivity index (χ0) is 29.0. The molecule has 0 aromatic rings. The van der Waals surface area contributed by atoms with E-state index < -0.39 is 16.4 Å². The van der Waals surface area contributed by atoms with Crippen LogP contribution in [0.1, 0.15) is 111 Å². The smallest absolute Gasteiger partial charge is 0.303 e. The summed E-state index contributed by atoms with van der Waals surface area (Å²) in [6, 6.07) is 0. The summed E-state index contributed by atoms with van der Waals surface area (Å²) in [6.45, 7) is 8.96. The number of nitrogens with zero attached hydrogens (tertiary/aromatic N) is 1. The lowest BCUT2D eigenvalue weighted by Crippen LogP contribution is -2.40. The summed E-state index contributed by atoms with van der Waals surface area (Å²) in [5, 5.41) is 18.3. The summed E-state index contributed by atoms with van der Waals surface area (Å²) < 4.78 is 33.1. The van der Waals surface area contributed by atoms with Crippen LogP contribution in [0.5, 0.6) is 0 Å². The summed E-state index contributed by atoms with van der Waals surface area (Å²) >= 11 is 0. The van der Waals surface area contributed by atoms with Crippen LogP contribution >= 0.6 is 0 Å². The third kappa shape index (κ3) is 42.3. The molecule has 0 aromatic heterocycles. The third-order valence-electron chi connectivity index (χ3n) is 5.81. The Labute approximate surface area is 228 Å². The van der Waals surface area contributed by atoms with Gasteiger partial charge in [0.1, 0.15) is 0 Å². The van der Waals surface area contributed by atoms with Gasteiger partial charge in [0.25, 0.3) is 0 Å². The highest BCUT2D eigenvalue weighted by atomic mass is 32.3. The summed E-state index contributed by atoms with van der Waals surface area (Å²) in [7, 11) is 0.0394. The zero-order valence-corrected chi connectivity index (χ0v) is 25.1. The molecular formula is C27H58N2O7S. The Morgan fingerprint density at radius 2 is 1.57 bits per heavy atom. The highest BCUT2D eigenvalue weighted by molar-refractivity contribution is 7.80. The Morgan fingerprint density at radius 3 is 2.05 bits per heavy atom. The number of aliphatic hydroxyl groups is 1. The highest BCUT2D eigenvalue weighted by Gasteiger charge is 2.08. The largest absolute Gasteiger partial charge is 0.726 e. The molecule has 0 fully saturated rings. The minimum absolute atomic E-state index is 0.0914. The molecule has 0 aliphatic rings. The molecule has 0 amide bonds. The second-order valence-electron chi connectivity index (χ2n) is 9.84. The Bertz CT molecular complexity index is 626. The van der Waals surface area contributed by atoms with E-state index in [1.165, 1.54) is 45.7 Å². The number of quaternary nitrogens is 1. The molecular weight excluding hydrogens is 496 g/mol. The molecule has 0 aliphatic heterocycles. The van der Waals surface area contributed by atoms with Gasteiger partial charge in [-0.15, -0.1) is 0 Å². The van der Waals surface area contributed by atoms with Gasteiger partial charge in [0, 0.05) is 12.8 Å². The second-order valence-corrected chi connectivity index (χ2v) is 10.9. The maximum absolute atomic E-state index is 10.3. The van der Waals surface area contributed by atoms with Crippen LogP contribution < -0.4 is 5.73 Å². The van der Waals surface area contributed by atoms with Gasteiger partial charge in [0.2, 0.25) is 10.4 Å². The third-order valence-corrected chi connectivity index (χ3v) is 6.34. The van der Waals surface area contributed by atoms with Gasteiger partial charge in [-0.3, -0.25) is 8.98 Å². The van der Waals surface area contributed by atoms with E-state index in [0.717, 1.165) is 68.8 Å². The van der Waals surface area contributed by atoms with E-state index in [0.29, 0.717) is 6.42 Å². The van der Waals surface area contributed by atoms with Crippen molar-refractivity contribution in [3.8, 4) is 0 Å². The van der Waals surface area contributed by atoms with Gasteiger partial charge in [-0.2, -0.15) is 0 Å². The van der Waals surface area contributed by atoms with Crippen molar-refractivity contribution in [1.82, 2.24) is 0 Å². The zero-order valence-electron chi connectivity index (χ0n) is 24.3. The molecule has 0 saturated carbocycles. The van der Waals surface area contributed by atoms with Crippen molar-refractivity contribution in [2.24, 2.45) is 5.73 Å². The lowest BCUT2D eigenvalue weighted by Gasteiger charge is -2.27. The average Bonchev–Trinajstić information content (AvgIpc) is 2.81. The first-order valence-electron chi connectivity index (χ1n) is 14.0. The van der Waals surface area contributed by atoms with E-state index in [-0.39, 0.29) is 12.7 Å². The van der Waals surface area contributed by atoms with Gasteiger partial charge >= 0.3 is 5.97 Å². The lowest BCUT2D eigenvalue weighted by atomic mass is 10.1. The normalized spacial score (nSPS) is 12.4. The first-order chi connectivity index (χ1) is 17.3. The van der Waals surface area contributed by atoms with Gasteiger partial charge in [-0.25, -0.2) is 8.42 Å². The van der Waals surface area contributed by atoms with E-state index in [2.05, 4.69) is 44.3 Å². The van der Waals surface area contributed by atoms with Crippen LogP contribution in [0.2, 0.25) is 0 Å². The molecule has 1 atom stereocenters. The molecule has 0 aromatic carbocycles. The molecule has 1 unspecified atom stereocenters. The molecule has 4 N–H and O–H groups in total. The summed E-state index contributed by atoms with van der Waals surface area (Å²) in [5.41, 5.74) is 5.38. The van der Waals surface area contributed by atoms with Crippen molar-refractivity contribution >= 4 is 16.4 Å². The Balaban J connectivity index is -0.000000590. The Hall–Kier alpha value is -1.04. The van der Waals surface area contributed by atoms with Crippen molar-refractivity contribution in [3.63, 3.8) is 0 Å². The fraction of sp³-hybridized carbons (Fsp3) is 0.889. The number of hydrogen-bond acceptors (Lipinski definition) is 7. The molecule has 224 valence electrons. The van der Waals surface area contributed by atoms with Gasteiger partial charge < -0.3 is 25.0 Å². The number of carbonyl (C=O) groups is 1. The second kappa shape index (κ2) is 28.0. The fourth-order valence-corrected chi connectivity index (χ4v) is 3.47. The Morgan fingerprint density at radius 1 is 0.973 bits per heavy atom. The molecule has 0 saturated heterocycles. The summed E-state index contributed by atoms with van der Waals surface area (Å²) in [4.78, 5) is 10.3. The van der Waals surface area contributed by atoms with Crippen LogP contribution in [0.3, 0.4) is 0 Å². The minimum Gasteiger partial charge on any atom is -0.726 e. The predicted molar refractivity (Wildman–Crippen MR) is 151 cm³/mol. The van der Waals surface area contributed by atoms with Crippen molar-refractivity contribution in [2.75, 3.05) is 40.3 Å². The monoisotopic (exact) mass is 554 g/mol. The van der Waals surface area contributed by atoms with Gasteiger partial charge in [0.15, 0.2) is 0 Å². The van der Waals surface area contributed by atoms with Gasteiger partial charge in [0.05, 0.1) is 39.9 Å². The average molecular weight is 555 g/mol. The van der Waals surface area contributed by atoms with Gasteiger partial charge in [-0.1, -0.05) is 64.0 Å². The molecule has 0 radical (unpaired) electrons. The summed E-state index contributed by atoms with van der Waals surface area (Å²) in [6.07, 6.45) is 18.5. The first kappa shape index (κ1) is 40.5. The number of aliphatic hydroxyl groups excluding tert-OH is 1. The van der Waals surface area contributed by atoms with E-state index >= 15 is 0 Å². The molecule has 37 heavy (non-hydrogen) atoms. The van der Waals surface area contributed by atoms with Crippen LogP contribution in [0.15, 0.2) is 12.2 Å². The topological polar surface area (TPSA) is 150 Å². The molecule has 9 nitrogen and oxygen atoms in total. The van der Waals surface area contributed by atoms with Crippen LogP contribution in [-0.4, -0.2) is 80.1 Å². The predicted octanol–water partition coefficient (Wildman–Crippen LogP) is 4.99. The molecule has 0 spiro atoms. The lowest BCUT2D eigenvalue weighted by molar-refractivity contribution is -0.888. The number of unbranched alkanes of at least 4 members (excludes halogenated alkanes) is 8. The van der Waals surface area contributed by atoms with E-state index in [4.69, 9.17) is 10.8 Å². The number of carboxylic acid groups (broad SMARTS) is 1. The van der Waals surface area contributed by atoms with E-state index in [9.17, 15) is 22.9 Å². The summed E-state index contributed by atoms with van der Waals surface area (Å²) in [5.74, 6) is -0.689. The molecule has 0 bridgehead atoms.